The molecular weight excluding hydrogens is 1620 g/mol. The number of aromatic nitrogens is 4. The first kappa shape index (κ1) is 101. The number of carbonyl (C=O) groups is 2. The number of amides is 1. The standard InChI is InChI=1S/C101H143N6O18P/c1-69(2)25-18-27-71(5)29-20-31-73(7)33-22-35-75(9)57-61-117-86-47-39-79(40-48-86)96(80-41-49-87(50-42-80)118-62-58-76(10)36-23-34-74(8)32-21-30-72(6)28-19-26-70(3)4)103-92(108)55-56-95(109)124-88-63-93(106-65-77(11)97(110)104-99(106)112)123-91(88)68-121-126(114,120-60-24-59-102)125-89-64-94(107-66-78(12)98(111)105-100(107)113)122-90(89)67-119-101(81-37-16-15-17-38-81,82-43-51-84(115-13)52-44-82)83-45-53-85(116-14)54-46-83/h15-17,37-54,65-66,69-76,88-91,93-94,96H,18-36,55-58,60-64,67-68H2,1-14H3,(H,103,108)(H,104,110,112)(H,105,111,113)/t71?,72?,73?,74?,75?,76?,88-,89-,90+,91+,93+,94+,96?,126?/m0/s1. The lowest BCUT2D eigenvalue weighted by atomic mass is 9.80. The fraction of sp³-hybridized carbons (Fsp3) is 0.594. The van der Waals surface area contributed by atoms with Gasteiger partial charge in [0, 0.05) is 42.8 Å². The molecule has 4 heterocycles. The van der Waals surface area contributed by atoms with E-state index in [2.05, 4.69) is 84.5 Å². The molecule has 7 aromatic rings. The average molecular weight is 1760 g/mol. The molecule has 9 rings (SSSR count). The fourth-order valence-electron chi connectivity index (χ4n) is 17.0. The van der Waals surface area contributed by atoms with Crippen LogP contribution in [0.2, 0.25) is 0 Å². The van der Waals surface area contributed by atoms with Crippen LogP contribution in [0, 0.1) is 72.5 Å². The summed E-state index contributed by atoms with van der Waals surface area (Å²) >= 11 is 0. The van der Waals surface area contributed by atoms with Gasteiger partial charge in [-0.1, -0.05) is 264 Å². The molecule has 2 fully saturated rings. The summed E-state index contributed by atoms with van der Waals surface area (Å²) < 4.78 is 87.2. The summed E-state index contributed by atoms with van der Waals surface area (Å²) in [5, 5.41) is 13.0. The third-order valence-corrected chi connectivity index (χ3v) is 26.4. The summed E-state index contributed by atoms with van der Waals surface area (Å²) in [7, 11) is -1.85. The van der Waals surface area contributed by atoms with Gasteiger partial charge in [-0.2, -0.15) is 5.26 Å². The molecule has 2 saturated heterocycles. The van der Waals surface area contributed by atoms with Gasteiger partial charge in [-0.05, 0) is 150 Å². The van der Waals surface area contributed by atoms with E-state index in [0.717, 1.165) is 76.9 Å². The highest BCUT2D eigenvalue weighted by Gasteiger charge is 2.48. The predicted octanol–water partition coefficient (Wildman–Crippen LogP) is 21.0. The summed E-state index contributed by atoms with van der Waals surface area (Å²) in [6, 6.07) is 40.9. The molecule has 0 aliphatic carbocycles. The molecule has 2 aromatic heterocycles. The van der Waals surface area contributed by atoms with Crippen LogP contribution in [0.25, 0.3) is 0 Å². The predicted molar refractivity (Wildman–Crippen MR) is 492 cm³/mol. The molecule has 690 valence electrons. The van der Waals surface area contributed by atoms with Crippen LogP contribution < -0.4 is 46.8 Å². The van der Waals surface area contributed by atoms with E-state index in [9.17, 15) is 34.0 Å². The number of H-pyrrole nitrogens is 2. The van der Waals surface area contributed by atoms with E-state index >= 15 is 4.57 Å². The maximum atomic E-state index is 15.7. The summed E-state index contributed by atoms with van der Waals surface area (Å²) in [6.07, 6.45) is 18.6. The minimum absolute atomic E-state index is 0.172. The highest BCUT2D eigenvalue weighted by Crippen LogP contribution is 2.55. The Morgan fingerprint density at radius 3 is 1.29 bits per heavy atom. The molecule has 25 heteroatoms. The van der Waals surface area contributed by atoms with Gasteiger partial charge in [0.2, 0.25) is 5.91 Å². The lowest BCUT2D eigenvalue weighted by Crippen LogP contribution is -2.38. The zero-order valence-electron chi connectivity index (χ0n) is 77.3. The van der Waals surface area contributed by atoms with Crippen LogP contribution in [-0.4, -0.2) is 103 Å². The number of aryl methyl sites for hydroxylation is 2. The van der Waals surface area contributed by atoms with Crippen LogP contribution in [0.4, 0.5) is 0 Å². The lowest BCUT2D eigenvalue weighted by molar-refractivity contribution is -0.154. The summed E-state index contributed by atoms with van der Waals surface area (Å²) in [6.45, 7) is 26.1. The van der Waals surface area contributed by atoms with Crippen LogP contribution in [0.15, 0.2) is 159 Å². The average Bonchev–Trinajstić information content (AvgIpc) is 0.866. The minimum Gasteiger partial charge on any atom is -0.497 e. The van der Waals surface area contributed by atoms with Crippen LogP contribution >= 0.6 is 7.82 Å². The van der Waals surface area contributed by atoms with E-state index < -0.39 is 110 Å². The molecule has 3 N–H and O–H groups in total. The summed E-state index contributed by atoms with van der Waals surface area (Å²) in [4.78, 5) is 86.4. The Labute approximate surface area is 747 Å². The molecule has 7 unspecified atom stereocenters. The second kappa shape index (κ2) is 51.3. The van der Waals surface area contributed by atoms with Crippen molar-refractivity contribution in [1.29, 1.82) is 5.26 Å². The highest BCUT2D eigenvalue weighted by atomic mass is 31.2. The van der Waals surface area contributed by atoms with Crippen molar-refractivity contribution >= 4 is 19.7 Å². The van der Waals surface area contributed by atoms with Crippen molar-refractivity contribution in [2.24, 2.45) is 47.3 Å². The Hall–Kier alpha value is -8.92. The van der Waals surface area contributed by atoms with Crippen LogP contribution in [-0.2, 0) is 52.3 Å². The summed E-state index contributed by atoms with van der Waals surface area (Å²) in [5.74, 6) is 6.88. The number of carbonyl (C=O) groups excluding carboxylic acids is 2. The number of nitrogens with zero attached hydrogens (tertiary/aromatic N) is 3. The van der Waals surface area contributed by atoms with Gasteiger partial charge in [0.1, 0.15) is 65.5 Å². The Morgan fingerprint density at radius 1 is 0.492 bits per heavy atom. The zero-order valence-corrected chi connectivity index (χ0v) is 78.2. The zero-order chi connectivity index (χ0) is 90.7. The number of nitriles is 1. The number of rotatable bonds is 57. The number of methoxy groups -OCH3 is 2. The topological polar surface area (TPSA) is 298 Å². The van der Waals surface area contributed by atoms with Crippen molar-refractivity contribution in [1.82, 2.24) is 24.4 Å². The minimum atomic E-state index is -4.97. The van der Waals surface area contributed by atoms with Gasteiger partial charge in [0.05, 0.1) is 72.2 Å². The van der Waals surface area contributed by atoms with Gasteiger partial charge in [-0.3, -0.25) is 51.9 Å². The second-order valence-corrected chi connectivity index (χ2v) is 38.2. The molecule has 2 aliphatic heterocycles. The molecule has 0 spiro atoms. The number of aromatic amines is 2. The number of hydrogen-bond acceptors (Lipinski definition) is 19. The molecule has 5 aromatic carbocycles. The highest BCUT2D eigenvalue weighted by molar-refractivity contribution is 7.48. The van der Waals surface area contributed by atoms with Crippen LogP contribution in [0.5, 0.6) is 23.0 Å². The molecule has 0 saturated carbocycles. The van der Waals surface area contributed by atoms with Crippen molar-refractivity contribution in [2.75, 3.05) is 47.3 Å². The van der Waals surface area contributed by atoms with Crippen LogP contribution in [0.3, 0.4) is 0 Å². The normalized spacial score (nSPS) is 18.7. The van der Waals surface area contributed by atoms with Crippen molar-refractivity contribution in [3.8, 4) is 29.1 Å². The quantitative estimate of drug-likeness (QED) is 0.0138. The Morgan fingerprint density at radius 2 is 0.881 bits per heavy atom. The molecule has 24 nitrogen and oxygen atoms in total. The smallest absolute Gasteiger partial charge is 0.475 e. The first-order valence-electron chi connectivity index (χ1n) is 46.4. The number of phosphoric acid groups is 1. The Bertz CT molecular complexity index is 4620. The number of ether oxygens (including phenoxy) is 8. The van der Waals surface area contributed by atoms with Crippen molar-refractivity contribution < 1.29 is 65.6 Å². The van der Waals surface area contributed by atoms with Gasteiger partial charge in [-0.25, -0.2) is 14.2 Å². The van der Waals surface area contributed by atoms with Gasteiger partial charge >= 0.3 is 25.2 Å². The maximum Gasteiger partial charge on any atom is 0.475 e. The largest absolute Gasteiger partial charge is 0.497 e. The first-order chi connectivity index (χ1) is 60.5. The monoisotopic (exact) mass is 1760 g/mol. The first-order valence-corrected chi connectivity index (χ1v) is 47.8. The van der Waals surface area contributed by atoms with E-state index in [-0.39, 0.29) is 43.4 Å². The van der Waals surface area contributed by atoms with Gasteiger partial charge in [0.15, 0.2) is 0 Å². The molecule has 2 aliphatic rings. The SMILES string of the molecule is COc1ccc(C(OC[C@H]2O[C@@H](n3cc(C)c(=O)[nH]c3=O)C[C@@H]2OP(=O)(OCCC#N)OC[C@H]2O[C@@H](n3cc(C)c(=O)[nH]c3=O)C[C@@H]2OC(=O)CCC(=O)NC(c2ccc(OCCC(C)CCCC(C)CCCC(C)CCCC(C)C)cc2)c2ccc(OCCC(C)CCCC(C)CCCC(C)CCCC(C)C)cc2)(c2ccccc2)c2ccc(OC)cc2)cc1. The molecular formula is C101H143N6O18P. The van der Waals surface area contributed by atoms with Crippen molar-refractivity contribution in [3.63, 3.8) is 0 Å². The molecule has 13 atom stereocenters. The second-order valence-electron chi connectivity index (χ2n) is 36.6. The van der Waals surface area contributed by atoms with Crippen LogP contribution in [0.1, 0.15) is 287 Å². The molecule has 1 amide bonds. The number of benzene rings is 5. The van der Waals surface area contributed by atoms with Crippen molar-refractivity contribution in [2.45, 2.75) is 292 Å². The molecule has 0 bridgehead atoms. The Balaban J connectivity index is 0.890. The molecule has 126 heavy (non-hydrogen) atoms. The lowest BCUT2D eigenvalue weighted by Gasteiger charge is -2.37. The van der Waals surface area contributed by atoms with Gasteiger partial charge in [-0.15, -0.1) is 0 Å². The van der Waals surface area contributed by atoms with Crippen molar-refractivity contribution in [3.05, 3.63) is 220 Å². The number of phosphoric ester groups is 1. The third-order valence-electron chi connectivity index (χ3n) is 24.9. The van der Waals surface area contributed by atoms with E-state index in [1.807, 2.05) is 109 Å². The van der Waals surface area contributed by atoms with E-state index in [1.54, 1.807) is 38.5 Å². The van der Waals surface area contributed by atoms with E-state index in [1.165, 1.54) is 134 Å². The summed E-state index contributed by atoms with van der Waals surface area (Å²) in [5.41, 5.74) is -0.352. The number of esters is 1. The number of hydrogen-bond donors (Lipinski definition) is 3. The number of nitrogens with one attached hydrogen (secondary N) is 3. The Kier molecular flexibility index (Phi) is 41.1. The molecule has 0 radical (unpaired) electrons. The van der Waals surface area contributed by atoms with Gasteiger partial charge < -0.3 is 43.2 Å². The fourth-order valence-corrected chi connectivity index (χ4v) is 18.4. The maximum absolute atomic E-state index is 15.7. The van der Waals surface area contributed by atoms with E-state index in [0.29, 0.717) is 64.7 Å². The van der Waals surface area contributed by atoms with Gasteiger partial charge in [0.25, 0.3) is 11.1 Å². The third kappa shape index (κ3) is 31.8. The van der Waals surface area contributed by atoms with E-state index in [4.69, 9.17) is 51.5 Å².